The summed E-state index contributed by atoms with van der Waals surface area (Å²) in [6, 6.07) is 1.96. The normalized spacial score (nSPS) is 10.5. The van der Waals surface area contributed by atoms with Crippen LogP contribution in [0.15, 0.2) is 16.8 Å². The second-order valence-corrected chi connectivity index (χ2v) is 4.04. The minimum atomic E-state index is 0.163. The Labute approximate surface area is 71.8 Å². The number of thiophene rings is 2. The highest BCUT2D eigenvalue weighted by molar-refractivity contribution is 7.24. The number of amidine groups is 1. The molecule has 0 aliphatic carbocycles. The average molecular weight is 182 g/mol. The van der Waals surface area contributed by atoms with Crippen LogP contribution in [0, 0.1) is 5.41 Å². The second-order valence-electron chi connectivity index (χ2n) is 2.22. The first-order valence-electron chi connectivity index (χ1n) is 3.07. The minimum Gasteiger partial charge on any atom is -0.383 e. The van der Waals surface area contributed by atoms with Crippen LogP contribution >= 0.6 is 22.7 Å². The molecule has 0 saturated heterocycles. The summed E-state index contributed by atoms with van der Waals surface area (Å²) in [7, 11) is 0. The van der Waals surface area contributed by atoms with Gasteiger partial charge in [-0.3, -0.25) is 5.41 Å². The molecule has 4 heteroatoms. The molecule has 2 aromatic heterocycles. The molecule has 0 amide bonds. The van der Waals surface area contributed by atoms with Crippen molar-refractivity contribution in [2.45, 2.75) is 0 Å². The molecule has 0 bridgehead atoms. The van der Waals surface area contributed by atoms with Crippen LogP contribution in [-0.2, 0) is 0 Å². The van der Waals surface area contributed by atoms with Crippen molar-refractivity contribution in [3.8, 4) is 0 Å². The number of fused-ring (bicyclic) bond motifs is 1. The molecule has 2 heterocycles. The Balaban J connectivity index is 2.67. The van der Waals surface area contributed by atoms with Crippen LogP contribution in [0.2, 0.25) is 0 Å². The molecule has 0 spiro atoms. The average Bonchev–Trinajstić information content (AvgIpc) is 2.40. The SMILES string of the molecule is N=C(N)c1cc2cscc2s1. The van der Waals surface area contributed by atoms with Crippen LogP contribution in [0.3, 0.4) is 0 Å². The Morgan fingerprint density at radius 2 is 2.27 bits per heavy atom. The molecule has 0 aliphatic rings. The van der Waals surface area contributed by atoms with Gasteiger partial charge in [0.15, 0.2) is 0 Å². The maximum atomic E-state index is 7.20. The Morgan fingerprint density at radius 1 is 1.45 bits per heavy atom. The van der Waals surface area contributed by atoms with Gasteiger partial charge in [-0.1, -0.05) is 0 Å². The van der Waals surface area contributed by atoms with Gasteiger partial charge in [-0.25, -0.2) is 0 Å². The van der Waals surface area contributed by atoms with Gasteiger partial charge in [0.05, 0.1) is 4.88 Å². The summed E-state index contributed by atoms with van der Waals surface area (Å²) in [6.07, 6.45) is 0. The standard InChI is InChI=1S/C7H6N2S2/c8-7(9)5-1-4-2-10-3-6(4)11-5/h1-3H,(H3,8,9). The molecule has 0 radical (unpaired) electrons. The van der Waals surface area contributed by atoms with Gasteiger partial charge in [0.2, 0.25) is 0 Å². The van der Waals surface area contributed by atoms with Crippen LogP contribution in [0.25, 0.3) is 10.1 Å². The van der Waals surface area contributed by atoms with Crippen LogP contribution in [0.5, 0.6) is 0 Å². The Hall–Kier alpha value is -0.870. The van der Waals surface area contributed by atoms with Crippen molar-refractivity contribution in [3.05, 3.63) is 21.7 Å². The van der Waals surface area contributed by atoms with E-state index in [1.165, 1.54) is 10.1 Å². The third-order valence-electron chi connectivity index (χ3n) is 1.43. The van der Waals surface area contributed by atoms with Gasteiger partial charge in [-0.05, 0) is 11.4 Å². The summed E-state index contributed by atoms with van der Waals surface area (Å²) in [4.78, 5) is 0.864. The summed E-state index contributed by atoms with van der Waals surface area (Å²) in [5, 5.41) is 12.5. The Morgan fingerprint density at radius 3 is 2.91 bits per heavy atom. The number of nitrogen functional groups attached to an aromatic ring is 1. The fraction of sp³-hybridized carbons (Fsp3) is 0. The first kappa shape index (κ1) is 6.82. The molecule has 11 heavy (non-hydrogen) atoms. The maximum Gasteiger partial charge on any atom is 0.133 e. The number of hydrogen-bond acceptors (Lipinski definition) is 3. The molecule has 3 N–H and O–H groups in total. The molecule has 56 valence electrons. The molecule has 0 saturated carbocycles. The van der Waals surface area contributed by atoms with Crippen molar-refractivity contribution in [2.24, 2.45) is 5.73 Å². The lowest BCUT2D eigenvalue weighted by molar-refractivity contribution is 1.46. The third-order valence-corrected chi connectivity index (χ3v) is 3.47. The van der Waals surface area contributed by atoms with Crippen molar-refractivity contribution >= 4 is 38.6 Å². The summed E-state index contributed by atoms with van der Waals surface area (Å²) < 4.78 is 1.22. The van der Waals surface area contributed by atoms with E-state index in [4.69, 9.17) is 11.1 Å². The Bertz CT molecular complexity index is 371. The van der Waals surface area contributed by atoms with E-state index in [0.717, 1.165) is 4.88 Å². The summed E-state index contributed by atoms with van der Waals surface area (Å²) in [5.41, 5.74) is 5.33. The fourth-order valence-electron chi connectivity index (χ4n) is 0.905. The molecule has 2 nitrogen and oxygen atoms in total. The first-order valence-corrected chi connectivity index (χ1v) is 4.83. The lowest BCUT2D eigenvalue weighted by Crippen LogP contribution is -2.08. The van der Waals surface area contributed by atoms with E-state index >= 15 is 0 Å². The van der Waals surface area contributed by atoms with Crippen LogP contribution in [0.4, 0.5) is 0 Å². The summed E-state index contributed by atoms with van der Waals surface area (Å²) >= 11 is 3.25. The molecule has 2 rings (SSSR count). The van der Waals surface area contributed by atoms with E-state index in [0.29, 0.717) is 0 Å². The van der Waals surface area contributed by atoms with Gasteiger partial charge in [0, 0.05) is 15.5 Å². The van der Waals surface area contributed by atoms with Gasteiger partial charge in [0.1, 0.15) is 5.84 Å². The summed E-state index contributed by atoms with van der Waals surface area (Å²) in [6.45, 7) is 0. The van der Waals surface area contributed by atoms with Gasteiger partial charge in [-0.2, -0.15) is 11.3 Å². The molecule has 0 atom stereocenters. The molecule has 0 fully saturated rings. The zero-order chi connectivity index (χ0) is 7.84. The van der Waals surface area contributed by atoms with Crippen molar-refractivity contribution in [1.82, 2.24) is 0 Å². The van der Waals surface area contributed by atoms with E-state index in [9.17, 15) is 0 Å². The predicted octanol–water partition coefficient (Wildman–Crippen LogP) is 2.25. The zero-order valence-corrected chi connectivity index (χ0v) is 7.26. The quantitative estimate of drug-likeness (QED) is 0.515. The van der Waals surface area contributed by atoms with Gasteiger partial charge >= 0.3 is 0 Å². The Kier molecular flexibility index (Phi) is 1.44. The molecule has 0 aromatic carbocycles. The monoisotopic (exact) mass is 182 g/mol. The third kappa shape index (κ3) is 1.04. The van der Waals surface area contributed by atoms with Gasteiger partial charge in [-0.15, -0.1) is 11.3 Å². The first-order chi connectivity index (χ1) is 5.27. The molecule has 0 unspecified atom stereocenters. The molecular weight excluding hydrogens is 176 g/mol. The van der Waals surface area contributed by atoms with Crippen LogP contribution < -0.4 is 5.73 Å². The number of nitrogens with one attached hydrogen (secondary N) is 1. The second kappa shape index (κ2) is 2.32. The number of nitrogens with two attached hydrogens (primary N) is 1. The van der Waals surface area contributed by atoms with Crippen molar-refractivity contribution in [2.75, 3.05) is 0 Å². The van der Waals surface area contributed by atoms with E-state index in [1.54, 1.807) is 22.7 Å². The largest absolute Gasteiger partial charge is 0.383 e. The van der Waals surface area contributed by atoms with Gasteiger partial charge < -0.3 is 5.73 Å². The van der Waals surface area contributed by atoms with Crippen LogP contribution in [0.1, 0.15) is 4.88 Å². The van der Waals surface area contributed by atoms with Crippen molar-refractivity contribution < 1.29 is 0 Å². The molecule has 0 aliphatic heterocycles. The lowest BCUT2D eigenvalue weighted by Gasteiger charge is -1.86. The fourth-order valence-corrected chi connectivity index (χ4v) is 2.78. The van der Waals surface area contributed by atoms with E-state index in [2.05, 4.69) is 10.8 Å². The maximum absolute atomic E-state index is 7.20. The van der Waals surface area contributed by atoms with Crippen molar-refractivity contribution in [3.63, 3.8) is 0 Å². The topological polar surface area (TPSA) is 49.9 Å². The van der Waals surface area contributed by atoms with Crippen molar-refractivity contribution in [1.29, 1.82) is 5.41 Å². The lowest BCUT2D eigenvalue weighted by atomic mass is 10.3. The highest BCUT2D eigenvalue weighted by Crippen LogP contribution is 2.28. The van der Waals surface area contributed by atoms with Gasteiger partial charge in [0.25, 0.3) is 0 Å². The van der Waals surface area contributed by atoms with E-state index in [-0.39, 0.29) is 5.84 Å². The number of hydrogen-bond donors (Lipinski definition) is 2. The van der Waals surface area contributed by atoms with E-state index < -0.39 is 0 Å². The smallest absolute Gasteiger partial charge is 0.133 e. The van der Waals surface area contributed by atoms with E-state index in [1.807, 2.05) is 6.07 Å². The summed E-state index contributed by atoms with van der Waals surface area (Å²) in [5.74, 6) is 0.163. The predicted molar refractivity (Wildman–Crippen MR) is 50.7 cm³/mol. The highest BCUT2D eigenvalue weighted by atomic mass is 32.1. The number of rotatable bonds is 1. The van der Waals surface area contributed by atoms with Crippen LogP contribution in [-0.4, -0.2) is 5.84 Å². The zero-order valence-electron chi connectivity index (χ0n) is 5.63. The molecular formula is C7H6N2S2. The molecule has 2 aromatic rings. The minimum absolute atomic E-state index is 0.163. The highest BCUT2D eigenvalue weighted by Gasteiger charge is 2.03.